The molecule has 4 nitrogen and oxygen atoms in total. The Balaban J connectivity index is 2.11. The third-order valence-corrected chi connectivity index (χ3v) is 5.65. The maximum Gasteiger partial charge on any atom is 0.341 e. The van der Waals surface area contributed by atoms with Crippen LogP contribution >= 0.6 is 0 Å². The zero-order valence-electron chi connectivity index (χ0n) is 15.7. The van der Waals surface area contributed by atoms with Crippen molar-refractivity contribution in [2.75, 3.05) is 7.05 Å². The van der Waals surface area contributed by atoms with E-state index in [9.17, 15) is 22.0 Å². The van der Waals surface area contributed by atoms with E-state index in [-0.39, 0.29) is 16.9 Å². The van der Waals surface area contributed by atoms with Crippen molar-refractivity contribution in [3.63, 3.8) is 0 Å². The van der Waals surface area contributed by atoms with Gasteiger partial charge in [-0.3, -0.25) is 4.79 Å². The molecule has 146 valence electrons. The Morgan fingerprint density at radius 1 is 1.00 bits per heavy atom. The lowest BCUT2D eigenvalue weighted by Crippen LogP contribution is -2.26. The summed E-state index contributed by atoms with van der Waals surface area (Å²) in [5.41, 5.74) is 2.42. The standard InChI is InChI=1S/C20H23F2NO3S/c1-20(2,3)16-9-5-14(6-10-16)13-23(4)18(24)15-7-11-17(12-8-15)27(25,26)19(21)22/h5-12,19H,13H2,1-4H3. The summed E-state index contributed by atoms with van der Waals surface area (Å²) in [4.78, 5) is 13.5. The Bertz CT molecular complexity index is 900. The number of carbonyl (C=O) groups excluding carboxylic acids is 1. The fourth-order valence-electron chi connectivity index (χ4n) is 2.57. The molecule has 2 aromatic carbocycles. The smallest absolute Gasteiger partial charge is 0.337 e. The number of rotatable bonds is 5. The van der Waals surface area contributed by atoms with E-state index in [1.807, 2.05) is 24.3 Å². The highest BCUT2D eigenvalue weighted by Crippen LogP contribution is 2.23. The zero-order valence-corrected chi connectivity index (χ0v) is 16.6. The molecule has 7 heteroatoms. The second-order valence-electron chi connectivity index (χ2n) is 7.44. The maximum absolute atomic E-state index is 12.6. The molecule has 0 aliphatic heterocycles. The van der Waals surface area contributed by atoms with Gasteiger partial charge in [0.2, 0.25) is 9.84 Å². The second kappa shape index (κ2) is 7.76. The molecule has 0 N–H and O–H groups in total. The SMILES string of the molecule is CN(Cc1ccc(C(C)(C)C)cc1)C(=O)c1ccc(S(=O)(=O)C(F)F)cc1. The van der Waals surface area contributed by atoms with Gasteiger partial charge < -0.3 is 4.90 Å². The van der Waals surface area contributed by atoms with E-state index in [2.05, 4.69) is 20.8 Å². The van der Waals surface area contributed by atoms with E-state index in [1.165, 1.54) is 22.6 Å². The molecule has 1 amide bonds. The van der Waals surface area contributed by atoms with Crippen molar-refractivity contribution in [2.24, 2.45) is 0 Å². The molecule has 0 aromatic heterocycles. The summed E-state index contributed by atoms with van der Waals surface area (Å²) in [6.45, 7) is 6.74. The van der Waals surface area contributed by atoms with Crippen LogP contribution in [-0.4, -0.2) is 32.0 Å². The summed E-state index contributed by atoms with van der Waals surface area (Å²) in [5.74, 6) is -3.81. The van der Waals surface area contributed by atoms with Crippen LogP contribution in [0.5, 0.6) is 0 Å². The Hall–Kier alpha value is -2.28. The van der Waals surface area contributed by atoms with Crippen LogP contribution in [0.1, 0.15) is 42.3 Å². The van der Waals surface area contributed by atoms with E-state index in [0.717, 1.165) is 17.7 Å². The van der Waals surface area contributed by atoms with Crippen molar-refractivity contribution in [2.45, 2.75) is 43.4 Å². The quantitative estimate of drug-likeness (QED) is 0.760. The molecule has 2 rings (SSSR count). The van der Waals surface area contributed by atoms with Crippen molar-refractivity contribution < 1.29 is 22.0 Å². The van der Waals surface area contributed by atoms with Gasteiger partial charge in [0.25, 0.3) is 5.91 Å². The molecule has 0 aliphatic carbocycles. The molecular weight excluding hydrogens is 372 g/mol. The summed E-state index contributed by atoms with van der Waals surface area (Å²) in [5, 5.41) is 0. The van der Waals surface area contributed by atoms with Gasteiger partial charge in [0.05, 0.1) is 4.90 Å². The van der Waals surface area contributed by atoms with Gasteiger partial charge in [-0.05, 0) is 40.8 Å². The first-order valence-electron chi connectivity index (χ1n) is 8.40. The minimum absolute atomic E-state index is 0.0422. The molecule has 27 heavy (non-hydrogen) atoms. The molecule has 0 saturated carbocycles. The lowest BCUT2D eigenvalue weighted by Gasteiger charge is -2.21. The van der Waals surface area contributed by atoms with Gasteiger partial charge >= 0.3 is 5.76 Å². The molecule has 0 spiro atoms. The van der Waals surface area contributed by atoms with Gasteiger partial charge in [0.15, 0.2) is 0 Å². The molecule has 0 aliphatic rings. The predicted molar refractivity (Wildman–Crippen MR) is 101 cm³/mol. The summed E-state index contributed by atoms with van der Waals surface area (Å²) in [7, 11) is -3.03. The lowest BCUT2D eigenvalue weighted by molar-refractivity contribution is 0.0785. The Morgan fingerprint density at radius 3 is 1.96 bits per heavy atom. The molecule has 0 heterocycles. The summed E-state index contributed by atoms with van der Waals surface area (Å²) in [6, 6.07) is 12.5. The van der Waals surface area contributed by atoms with Crippen LogP contribution in [0.3, 0.4) is 0 Å². The summed E-state index contributed by atoms with van der Waals surface area (Å²) >= 11 is 0. The number of carbonyl (C=O) groups is 1. The monoisotopic (exact) mass is 395 g/mol. The maximum atomic E-state index is 12.6. The fraction of sp³-hybridized carbons (Fsp3) is 0.350. The average molecular weight is 395 g/mol. The first kappa shape index (κ1) is 21.0. The highest BCUT2D eigenvalue weighted by molar-refractivity contribution is 7.91. The first-order chi connectivity index (χ1) is 12.4. The van der Waals surface area contributed by atoms with Crippen LogP contribution in [0.2, 0.25) is 0 Å². The molecule has 0 bridgehead atoms. The predicted octanol–water partition coefficient (Wildman–Crippen LogP) is 4.25. The number of sulfone groups is 1. The van der Waals surface area contributed by atoms with Crippen LogP contribution in [0.25, 0.3) is 0 Å². The number of nitrogens with zero attached hydrogens (tertiary/aromatic N) is 1. The molecule has 0 unspecified atom stereocenters. The molecule has 0 saturated heterocycles. The number of hydrogen-bond donors (Lipinski definition) is 0. The van der Waals surface area contributed by atoms with Crippen LogP contribution in [0.4, 0.5) is 8.78 Å². The Morgan fingerprint density at radius 2 is 1.52 bits per heavy atom. The van der Waals surface area contributed by atoms with Gasteiger partial charge in [-0.1, -0.05) is 45.0 Å². The second-order valence-corrected chi connectivity index (χ2v) is 9.36. The third kappa shape index (κ3) is 4.91. The molecule has 2 aromatic rings. The Labute approximate surface area is 158 Å². The molecule has 0 atom stereocenters. The first-order valence-corrected chi connectivity index (χ1v) is 9.94. The van der Waals surface area contributed by atoms with Crippen LogP contribution in [-0.2, 0) is 21.8 Å². The normalized spacial score (nSPS) is 12.3. The molecular formula is C20H23F2NO3S. The zero-order chi connectivity index (χ0) is 20.4. The number of benzene rings is 2. The van der Waals surface area contributed by atoms with Gasteiger partial charge in [-0.15, -0.1) is 0 Å². The van der Waals surface area contributed by atoms with Crippen LogP contribution in [0, 0.1) is 0 Å². The van der Waals surface area contributed by atoms with E-state index >= 15 is 0 Å². The van der Waals surface area contributed by atoms with Crippen LogP contribution < -0.4 is 0 Å². The molecule has 0 radical (unpaired) electrons. The van der Waals surface area contributed by atoms with Crippen molar-refractivity contribution in [1.82, 2.24) is 4.90 Å². The third-order valence-electron chi connectivity index (χ3n) is 4.25. The minimum Gasteiger partial charge on any atom is -0.337 e. The Kier molecular flexibility index (Phi) is 6.04. The highest BCUT2D eigenvalue weighted by Gasteiger charge is 2.26. The number of alkyl halides is 2. The lowest BCUT2D eigenvalue weighted by atomic mass is 9.87. The van der Waals surface area contributed by atoms with E-state index in [0.29, 0.717) is 6.54 Å². The minimum atomic E-state index is -4.66. The van der Waals surface area contributed by atoms with Gasteiger partial charge in [-0.25, -0.2) is 8.42 Å². The van der Waals surface area contributed by atoms with E-state index < -0.39 is 20.5 Å². The topological polar surface area (TPSA) is 54.5 Å². The molecule has 0 fully saturated rings. The van der Waals surface area contributed by atoms with Crippen molar-refractivity contribution in [1.29, 1.82) is 0 Å². The van der Waals surface area contributed by atoms with Crippen molar-refractivity contribution >= 4 is 15.7 Å². The largest absolute Gasteiger partial charge is 0.341 e. The average Bonchev–Trinajstić information content (AvgIpc) is 2.60. The van der Waals surface area contributed by atoms with Crippen molar-refractivity contribution in [3.05, 3.63) is 65.2 Å². The number of amides is 1. The summed E-state index contributed by atoms with van der Waals surface area (Å²) in [6.07, 6.45) is 0. The van der Waals surface area contributed by atoms with Crippen LogP contribution in [0.15, 0.2) is 53.4 Å². The highest BCUT2D eigenvalue weighted by atomic mass is 32.2. The van der Waals surface area contributed by atoms with Gasteiger partial charge in [-0.2, -0.15) is 8.78 Å². The number of halogens is 2. The fourth-order valence-corrected chi connectivity index (χ4v) is 3.29. The van der Waals surface area contributed by atoms with E-state index in [4.69, 9.17) is 0 Å². The van der Waals surface area contributed by atoms with E-state index in [1.54, 1.807) is 7.05 Å². The van der Waals surface area contributed by atoms with Gasteiger partial charge in [0, 0.05) is 19.2 Å². The van der Waals surface area contributed by atoms with Gasteiger partial charge in [0.1, 0.15) is 0 Å². The van der Waals surface area contributed by atoms with Crippen molar-refractivity contribution in [3.8, 4) is 0 Å². The summed E-state index contributed by atoms with van der Waals surface area (Å²) < 4.78 is 48.0. The number of hydrogen-bond acceptors (Lipinski definition) is 3.